The molecule has 0 aliphatic rings. The van der Waals surface area contributed by atoms with E-state index in [0.29, 0.717) is 12.2 Å². The lowest BCUT2D eigenvalue weighted by Gasteiger charge is -2.19. The first-order valence-electron chi connectivity index (χ1n) is 6.35. The maximum absolute atomic E-state index is 13.9. The van der Waals surface area contributed by atoms with Crippen molar-refractivity contribution in [1.82, 2.24) is 10.3 Å². The zero-order valence-electron chi connectivity index (χ0n) is 11.3. The Morgan fingerprint density at radius 2 is 1.85 bits per heavy atom. The fourth-order valence-electron chi connectivity index (χ4n) is 2.07. The number of rotatable bonds is 4. The highest BCUT2D eigenvalue weighted by Crippen LogP contribution is 2.26. The van der Waals surface area contributed by atoms with Crippen LogP contribution in [0.3, 0.4) is 0 Å². The highest BCUT2D eigenvalue weighted by Gasteiger charge is 2.22. The number of aryl methyl sites for hydroxylation is 1. The van der Waals surface area contributed by atoms with E-state index in [0.717, 1.165) is 11.8 Å². The number of aromatic nitrogens is 1. The molecule has 20 heavy (non-hydrogen) atoms. The Kier molecular flexibility index (Phi) is 4.39. The van der Waals surface area contributed by atoms with E-state index in [9.17, 15) is 13.2 Å². The Morgan fingerprint density at radius 3 is 2.50 bits per heavy atom. The van der Waals surface area contributed by atoms with Crippen LogP contribution in [0.2, 0.25) is 0 Å². The Labute approximate surface area is 115 Å². The monoisotopic (exact) mass is 280 g/mol. The lowest BCUT2D eigenvalue weighted by atomic mass is 10.0. The van der Waals surface area contributed by atoms with Gasteiger partial charge in [-0.25, -0.2) is 13.2 Å². The first-order chi connectivity index (χ1) is 9.54. The topological polar surface area (TPSA) is 24.9 Å². The third-order valence-corrected chi connectivity index (χ3v) is 2.99. The van der Waals surface area contributed by atoms with Gasteiger partial charge in [-0.2, -0.15) is 0 Å². The molecule has 1 unspecified atom stereocenters. The fourth-order valence-corrected chi connectivity index (χ4v) is 2.07. The van der Waals surface area contributed by atoms with Crippen molar-refractivity contribution in [2.24, 2.45) is 0 Å². The van der Waals surface area contributed by atoms with E-state index < -0.39 is 23.5 Å². The lowest BCUT2D eigenvalue weighted by Crippen LogP contribution is -2.24. The summed E-state index contributed by atoms with van der Waals surface area (Å²) in [6.07, 6.45) is 0. The van der Waals surface area contributed by atoms with Gasteiger partial charge in [-0.05, 0) is 31.7 Å². The van der Waals surface area contributed by atoms with E-state index >= 15 is 0 Å². The number of hydrogen-bond acceptors (Lipinski definition) is 2. The Bertz CT molecular complexity index is 614. The summed E-state index contributed by atoms with van der Waals surface area (Å²) in [6, 6.07) is 6.88. The molecule has 0 spiro atoms. The molecule has 0 radical (unpaired) electrons. The van der Waals surface area contributed by atoms with Gasteiger partial charge < -0.3 is 5.32 Å². The van der Waals surface area contributed by atoms with Crippen LogP contribution in [0.4, 0.5) is 13.2 Å². The minimum absolute atomic E-state index is 0.0452. The van der Waals surface area contributed by atoms with Crippen LogP contribution in [0.1, 0.15) is 29.9 Å². The molecule has 1 heterocycles. The summed E-state index contributed by atoms with van der Waals surface area (Å²) in [7, 11) is 0. The molecule has 0 amide bonds. The molecular weight excluding hydrogens is 265 g/mol. The predicted octanol–water partition coefficient (Wildman–Crippen LogP) is 3.51. The number of hydrogen-bond donors (Lipinski definition) is 1. The van der Waals surface area contributed by atoms with Crippen LogP contribution >= 0.6 is 0 Å². The van der Waals surface area contributed by atoms with Gasteiger partial charge in [-0.1, -0.05) is 19.1 Å². The first-order valence-corrected chi connectivity index (χ1v) is 6.35. The minimum atomic E-state index is -1.46. The van der Waals surface area contributed by atoms with Crippen molar-refractivity contribution in [3.8, 4) is 0 Å². The molecule has 1 atom stereocenters. The molecule has 5 heteroatoms. The molecule has 1 aromatic carbocycles. The smallest absolute Gasteiger partial charge is 0.194 e. The number of nitrogens with zero attached hydrogens (tertiary/aromatic N) is 1. The van der Waals surface area contributed by atoms with Gasteiger partial charge in [0, 0.05) is 11.3 Å². The minimum Gasteiger partial charge on any atom is -0.305 e. The third kappa shape index (κ3) is 2.82. The second kappa shape index (κ2) is 6.05. The standard InChI is InChI=1S/C15H15F3N2/c1-3-19-15(12-6-4-5-9(2)20-12)10-7-8-11(16)14(18)13(10)17/h4-8,15,19H,3H2,1-2H3. The van der Waals surface area contributed by atoms with E-state index in [4.69, 9.17) is 0 Å². The summed E-state index contributed by atoms with van der Waals surface area (Å²) >= 11 is 0. The van der Waals surface area contributed by atoms with E-state index in [2.05, 4.69) is 10.3 Å². The van der Waals surface area contributed by atoms with Crippen molar-refractivity contribution in [3.05, 3.63) is 64.7 Å². The summed E-state index contributed by atoms with van der Waals surface area (Å²) in [5.41, 5.74) is 1.38. The van der Waals surface area contributed by atoms with Crippen LogP contribution < -0.4 is 5.32 Å². The van der Waals surface area contributed by atoms with Crippen LogP contribution in [-0.2, 0) is 0 Å². The van der Waals surface area contributed by atoms with Crippen molar-refractivity contribution in [2.45, 2.75) is 19.9 Å². The van der Waals surface area contributed by atoms with Crippen molar-refractivity contribution in [2.75, 3.05) is 6.54 Å². The maximum atomic E-state index is 13.9. The van der Waals surface area contributed by atoms with Gasteiger partial charge in [0.15, 0.2) is 17.5 Å². The molecule has 0 aliphatic carbocycles. The molecule has 106 valence electrons. The number of benzene rings is 1. The van der Waals surface area contributed by atoms with Gasteiger partial charge in [-0.3, -0.25) is 4.98 Å². The van der Waals surface area contributed by atoms with Gasteiger partial charge in [0.05, 0.1) is 11.7 Å². The molecule has 1 aromatic heterocycles. The number of nitrogens with one attached hydrogen (secondary N) is 1. The van der Waals surface area contributed by atoms with Gasteiger partial charge in [0.2, 0.25) is 0 Å². The zero-order chi connectivity index (χ0) is 14.7. The Balaban J connectivity index is 2.51. The molecular formula is C15H15F3N2. The van der Waals surface area contributed by atoms with Crippen molar-refractivity contribution < 1.29 is 13.2 Å². The normalized spacial score (nSPS) is 12.4. The SMILES string of the molecule is CCNC(c1cccc(C)n1)c1ccc(F)c(F)c1F. The Hall–Kier alpha value is -1.88. The predicted molar refractivity (Wildman–Crippen MR) is 70.8 cm³/mol. The average Bonchev–Trinajstić information content (AvgIpc) is 2.43. The third-order valence-electron chi connectivity index (χ3n) is 2.99. The van der Waals surface area contributed by atoms with Crippen molar-refractivity contribution in [1.29, 1.82) is 0 Å². The number of halogens is 3. The molecule has 2 rings (SSSR count). The fraction of sp³-hybridized carbons (Fsp3) is 0.267. The highest BCUT2D eigenvalue weighted by molar-refractivity contribution is 5.31. The van der Waals surface area contributed by atoms with E-state index in [-0.39, 0.29) is 5.56 Å². The summed E-state index contributed by atoms with van der Waals surface area (Å²) in [5, 5.41) is 3.04. The molecule has 2 aromatic rings. The van der Waals surface area contributed by atoms with E-state index in [1.807, 2.05) is 19.9 Å². The number of pyridine rings is 1. The molecule has 2 nitrogen and oxygen atoms in total. The van der Waals surface area contributed by atoms with Crippen molar-refractivity contribution in [3.63, 3.8) is 0 Å². The summed E-state index contributed by atoms with van der Waals surface area (Å²) in [5.74, 6) is -3.84. The molecule has 0 saturated carbocycles. The maximum Gasteiger partial charge on any atom is 0.194 e. The Morgan fingerprint density at radius 1 is 1.10 bits per heavy atom. The van der Waals surface area contributed by atoms with E-state index in [1.54, 1.807) is 12.1 Å². The second-order valence-electron chi connectivity index (χ2n) is 4.46. The summed E-state index contributed by atoms with van der Waals surface area (Å²) in [4.78, 5) is 4.32. The largest absolute Gasteiger partial charge is 0.305 e. The second-order valence-corrected chi connectivity index (χ2v) is 4.46. The van der Waals surface area contributed by atoms with Crippen molar-refractivity contribution >= 4 is 0 Å². The van der Waals surface area contributed by atoms with Crippen LogP contribution in [0.15, 0.2) is 30.3 Å². The van der Waals surface area contributed by atoms with Crippen LogP contribution in [-0.4, -0.2) is 11.5 Å². The van der Waals surface area contributed by atoms with Gasteiger partial charge in [0.1, 0.15) is 0 Å². The molecule has 0 fully saturated rings. The molecule has 0 bridgehead atoms. The summed E-state index contributed by atoms with van der Waals surface area (Å²) in [6.45, 7) is 4.20. The van der Waals surface area contributed by atoms with E-state index in [1.165, 1.54) is 6.07 Å². The first kappa shape index (κ1) is 14.5. The summed E-state index contributed by atoms with van der Waals surface area (Å²) < 4.78 is 40.4. The molecule has 0 aliphatic heterocycles. The van der Waals surface area contributed by atoms with Crippen LogP contribution in [0.5, 0.6) is 0 Å². The van der Waals surface area contributed by atoms with Gasteiger partial charge in [-0.15, -0.1) is 0 Å². The quantitative estimate of drug-likeness (QED) is 0.867. The average molecular weight is 280 g/mol. The molecule has 1 N–H and O–H groups in total. The highest BCUT2D eigenvalue weighted by atomic mass is 19.2. The van der Waals surface area contributed by atoms with Crippen LogP contribution in [0.25, 0.3) is 0 Å². The molecule has 0 saturated heterocycles. The van der Waals surface area contributed by atoms with Gasteiger partial charge >= 0.3 is 0 Å². The lowest BCUT2D eigenvalue weighted by molar-refractivity contribution is 0.432. The zero-order valence-corrected chi connectivity index (χ0v) is 11.3. The van der Waals surface area contributed by atoms with Gasteiger partial charge in [0.25, 0.3) is 0 Å². The van der Waals surface area contributed by atoms with Crippen LogP contribution in [0, 0.1) is 24.4 Å².